The monoisotopic (exact) mass is 265 g/mol. The maximum atomic E-state index is 3.72. The second kappa shape index (κ2) is 5.75. The molecule has 1 N–H and O–H groups in total. The molecular formula is C16H27NS. The second-order valence-electron chi connectivity index (χ2n) is 6.53. The van der Waals surface area contributed by atoms with Crippen LogP contribution in [-0.4, -0.2) is 6.54 Å². The molecule has 102 valence electrons. The Hall–Kier alpha value is -0.340. The molecule has 1 aromatic rings. The van der Waals surface area contributed by atoms with Crippen LogP contribution in [0.4, 0.5) is 0 Å². The van der Waals surface area contributed by atoms with Crippen LogP contribution in [0, 0.1) is 18.3 Å². The molecule has 0 amide bonds. The average Bonchev–Trinajstić information content (AvgIpc) is 2.73. The lowest BCUT2D eigenvalue weighted by molar-refractivity contribution is 0.162. The van der Waals surface area contributed by atoms with E-state index in [9.17, 15) is 0 Å². The largest absolute Gasteiger partial charge is 0.310 e. The van der Waals surface area contributed by atoms with Gasteiger partial charge in [-0.2, -0.15) is 0 Å². The van der Waals surface area contributed by atoms with E-state index in [0.29, 0.717) is 11.5 Å². The molecule has 1 fully saturated rings. The highest BCUT2D eigenvalue weighted by atomic mass is 32.1. The Morgan fingerprint density at radius 1 is 1.39 bits per heavy atom. The molecule has 0 aromatic carbocycles. The van der Waals surface area contributed by atoms with Gasteiger partial charge in [-0.25, -0.2) is 0 Å². The fourth-order valence-electron chi connectivity index (χ4n) is 3.16. The highest BCUT2D eigenvalue weighted by Gasteiger charge is 2.31. The molecule has 2 rings (SSSR count). The topological polar surface area (TPSA) is 12.0 Å². The fraction of sp³-hybridized carbons (Fsp3) is 0.750. The van der Waals surface area contributed by atoms with Gasteiger partial charge in [-0.05, 0) is 67.5 Å². The molecule has 1 heterocycles. The third-order valence-corrected chi connectivity index (χ3v) is 5.27. The zero-order valence-corrected chi connectivity index (χ0v) is 13.1. The van der Waals surface area contributed by atoms with Crippen LogP contribution in [0.15, 0.2) is 11.4 Å². The Kier molecular flexibility index (Phi) is 4.50. The molecule has 0 radical (unpaired) electrons. The molecule has 0 bridgehead atoms. The van der Waals surface area contributed by atoms with Crippen molar-refractivity contribution in [2.24, 2.45) is 11.3 Å². The minimum atomic E-state index is 0.567. The summed E-state index contributed by atoms with van der Waals surface area (Å²) in [5.41, 5.74) is 2.08. The lowest BCUT2D eigenvalue weighted by Gasteiger charge is -2.38. The van der Waals surface area contributed by atoms with E-state index in [4.69, 9.17) is 0 Å². The van der Waals surface area contributed by atoms with Crippen molar-refractivity contribution in [3.63, 3.8) is 0 Å². The smallest absolute Gasteiger partial charge is 0.0356 e. The summed E-state index contributed by atoms with van der Waals surface area (Å²) in [7, 11) is 0. The van der Waals surface area contributed by atoms with Crippen molar-refractivity contribution in [3.8, 4) is 0 Å². The molecule has 2 heteroatoms. The van der Waals surface area contributed by atoms with Crippen molar-refractivity contribution in [3.05, 3.63) is 21.9 Å². The third kappa shape index (κ3) is 3.36. The van der Waals surface area contributed by atoms with Gasteiger partial charge < -0.3 is 5.32 Å². The Morgan fingerprint density at radius 3 is 2.56 bits per heavy atom. The summed E-state index contributed by atoms with van der Waals surface area (Å²) in [5.74, 6) is 0.826. The SMILES string of the molecule is CCNC(c1csc(C)c1)C1CCC(C)(C)CC1. The van der Waals surface area contributed by atoms with E-state index in [-0.39, 0.29) is 0 Å². The van der Waals surface area contributed by atoms with Gasteiger partial charge in [0.1, 0.15) is 0 Å². The maximum Gasteiger partial charge on any atom is 0.0356 e. The Bertz CT molecular complexity index is 370. The minimum Gasteiger partial charge on any atom is -0.310 e. The molecule has 0 aliphatic heterocycles. The van der Waals surface area contributed by atoms with Crippen LogP contribution in [0.5, 0.6) is 0 Å². The Labute approximate surface area is 116 Å². The van der Waals surface area contributed by atoms with E-state index in [1.807, 2.05) is 11.3 Å². The zero-order chi connectivity index (χ0) is 13.2. The van der Waals surface area contributed by atoms with Crippen molar-refractivity contribution < 1.29 is 0 Å². The molecule has 1 aliphatic rings. The van der Waals surface area contributed by atoms with Gasteiger partial charge in [-0.1, -0.05) is 20.8 Å². The van der Waals surface area contributed by atoms with Crippen LogP contribution < -0.4 is 5.32 Å². The summed E-state index contributed by atoms with van der Waals surface area (Å²) in [6.45, 7) is 10.3. The number of hydrogen-bond donors (Lipinski definition) is 1. The van der Waals surface area contributed by atoms with E-state index in [1.165, 1.54) is 36.1 Å². The van der Waals surface area contributed by atoms with Crippen molar-refractivity contribution in [1.29, 1.82) is 0 Å². The predicted molar refractivity (Wildman–Crippen MR) is 81.2 cm³/mol. The highest BCUT2D eigenvalue weighted by Crippen LogP contribution is 2.43. The summed E-state index contributed by atoms with van der Waals surface area (Å²) in [6, 6.07) is 2.95. The van der Waals surface area contributed by atoms with Crippen LogP contribution in [0.2, 0.25) is 0 Å². The van der Waals surface area contributed by atoms with Crippen LogP contribution in [0.1, 0.15) is 62.9 Å². The fourth-order valence-corrected chi connectivity index (χ4v) is 3.90. The molecule has 1 unspecified atom stereocenters. The maximum absolute atomic E-state index is 3.72. The number of nitrogens with one attached hydrogen (secondary N) is 1. The third-order valence-electron chi connectivity index (χ3n) is 4.39. The van der Waals surface area contributed by atoms with E-state index < -0.39 is 0 Å². The number of hydrogen-bond acceptors (Lipinski definition) is 2. The van der Waals surface area contributed by atoms with Crippen LogP contribution in [0.3, 0.4) is 0 Å². The summed E-state index contributed by atoms with van der Waals surface area (Å²) in [6.07, 6.45) is 5.50. The van der Waals surface area contributed by atoms with Crippen LogP contribution in [0.25, 0.3) is 0 Å². The first kappa shape index (κ1) is 14.1. The van der Waals surface area contributed by atoms with Gasteiger partial charge in [0.25, 0.3) is 0 Å². The number of aryl methyl sites for hydroxylation is 1. The van der Waals surface area contributed by atoms with Crippen LogP contribution >= 0.6 is 11.3 Å². The van der Waals surface area contributed by atoms with Gasteiger partial charge in [0.15, 0.2) is 0 Å². The van der Waals surface area contributed by atoms with E-state index in [0.717, 1.165) is 12.5 Å². The van der Waals surface area contributed by atoms with Gasteiger partial charge in [0.2, 0.25) is 0 Å². The first-order valence-corrected chi connectivity index (χ1v) is 8.18. The Balaban J connectivity index is 2.07. The predicted octanol–water partition coefficient (Wildman–Crippen LogP) is 4.92. The first-order valence-electron chi connectivity index (χ1n) is 7.30. The quantitative estimate of drug-likeness (QED) is 0.814. The molecule has 1 atom stereocenters. The van der Waals surface area contributed by atoms with E-state index in [2.05, 4.69) is 44.5 Å². The zero-order valence-electron chi connectivity index (χ0n) is 12.3. The van der Waals surface area contributed by atoms with Gasteiger partial charge in [0, 0.05) is 10.9 Å². The molecule has 1 aromatic heterocycles. The minimum absolute atomic E-state index is 0.567. The summed E-state index contributed by atoms with van der Waals surface area (Å²) < 4.78 is 0. The molecule has 1 saturated carbocycles. The molecule has 0 spiro atoms. The summed E-state index contributed by atoms with van der Waals surface area (Å²) in [5, 5.41) is 6.07. The summed E-state index contributed by atoms with van der Waals surface area (Å²) in [4.78, 5) is 1.43. The van der Waals surface area contributed by atoms with E-state index in [1.54, 1.807) is 0 Å². The summed E-state index contributed by atoms with van der Waals surface area (Å²) >= 11 is 1.88. The lowest BCUT2D eigenvalue weighted by Crippen LogP contribution is -2.32. The van der Waals surface area contributed by atoms with Gasteiger partial charge in [-0.15, -0.1) is 11.3 Å². The van der Waals surface area contributed by atoms with Crippen molar-refractivity contribution in [2.75, 3.05) is 6.54 Å². The van der Waals surface area contributed by atoms with Crippen molar-refractivity contribution in [2.45, 2.75) is 59.4 Å². The lowest BCUT2D eigenvalue weighted by atomic mass is 9.70. The van der Waals surface area contributed by atoms with Gasteiger partial charge in [0.05, 0.1) is 0 Å². The molecule has 18 heavy (non-hydrogen) atoms. The van der Waals surface area contributed by atoms with E-state index >= 15 is 0 Å². The second-order valence-corrected chi connectivity index (χ2v) is 7.64. The highest BCUT2D eigenvalue weighted by molar-refractivity contribution is 7.10. The van der Waals surface area contributed by atoms with Crippen molar-refractivity contribution in [1.82, 2.24) is 5.32 Å². The molecule has 1 aliphatic carbocycles. The van der Waals surface area contributed by atoms with Crippen LogP contribution in [-0.2, 0) is 0 Å². The normalized spacial score (nSPS) is 22.0. The van der Waals surface area contributed by atoms with Gasteiger partial charge in [-0.3, -0.25) is 0 Å². The molecule has 0 saturated heterocycles. The standard InChI is InChI=1S/C16H27NS/c1-5-17-15(14-10-12(2)18-11-14)13-6-8-16(3,4)9-7-13/h10-11,13,15,17H,5-9H2,1-4H3. The number of thiophene rings is 1. The van der Waals surface area contributed by atoms with Crippen molar-refractivity contribution >= 4 is 11.3 Å². The number of rotatable bonds is 4. The van der Waals surface area contributed by atoms with Gasteiger partial charge >= 0.3 is 0 Å². The molecular weight excluding hydrogens is 238 g/mol. The average molecular weight is 265 g/mol. The Morgan fingerprint density at radius 2 is 2.06 bits per heavy atom. The molecule has 1 nitrogen and oxygen atoms in total. The first-order chi connectivity index (χ1) is 8.52.